The molecule has 0 radical (unpaired) electrons. The van der Waals surface area contributed by atoms with E-state index in [9.17, 15) is 5.26 Å². The first-order chi connectivity index (χ1) is 11.2. The summed E-state index contributed by atoms with van der Waals surface area (Å²) in [7, 11) is 0. The van der Waals surface area contributed by atoms with E-state index in [0.29, 0.717) is 17.9 Å². The molecule has 2 heteroatoms. The lowest BCUT2D eigenvalue weighted by atomic mass is 10.00. The third-order valence-electron chi connectivity index (χ3n) is 3.91. The quantitative estimate of drug-likeness (QED) is 0.576. The Morgan fingerprint density at radius 1 is 0.957 bits per heavy atom. The van der Waals surface area contributed by atoms with E-state index in [1.54, 1.807) is 0 Å². The van der Waals surface area contributed by atoms with Crippen molar-refractivity contribution in [3.63, 3.8) is 0 Å². The fourth-order valence-corrected chi connectivity index (χ4v) is 2.64. The molecule has 0 atom stereocenters. The Labute approximate surface area is 139 Å². The highest BCUT2D eigenvalue weighted by molar-refractivity contribution is 5.73. The minimum atomic E-state index is 0.626. The molecule has 2 aromatic carbocycles. The van der Waals surface area contributed by atoms with Crippen LogP contribution in [0.3, 0.4) is 0 Å². The molecule has 0 saturated carbocycles. The normalized spacial score (nSPS) is 10.5. The number of nitrogens with zero attached hydrogens (tertiary/aromatic N) is 1. The largest absolute Gasteiger partial charge is 0.492 e. The Bertz CT molecular complexity index is 641. The Kier molecular flexibility index (Phi) is 6.69. The van der Waals surface area contributed by atoms with Gasteiger partial charge in [-0.05, 0) is 24.0 Å². The van der Waals surface area contributed by atoms with Gasteiger partial charge < -0.3 is 4.74 Å². The number of rotatable bonds is 8. The van der Waals surface area contributed by atoms with Crippen LogP contribution in [0.5, 0.6) is 5.75 Å². The standard InChI is InChI=1S/C21H25NO/c1-17(2)10-5-4-8-15-23-21-14-9-13-19(20(21)16-22)18-11-6-3-7-12-18/h3,6-7,9,11-14,17H,4-5,8,10,15H2,1-2H3. The molecule has 0 amide bonds. The Morgan fingerprint density at radius 2 is 1.74 bits per heavy atom. The van der Waals surface area contributed by atoms with Crippen molar-refractivity contribution in [3.8, 4) is 22.9 Å². The average molecular weight is 307 g/mol. The van der Waals surface area contributed by atoms with Crippen molar-refractivity contribution < 1.29 is 4.74 Å². The maximum Gasteiger partial charge on any atom is 0.137 e. The van der Waals surface area contributed by atoms with Crippen molar-refractivity contribution >= 4 is 0 Å². The monoisotopic (exact) mass is 307 g/mol. The van der Waals surface area contributed by atoms with Crippen LogP contribution < -0.4 is 4.74 Å². The predicted molar refractivity (Wildman–Crippen MR) is 95.4 cm³/mol. The summed E-state index contributed by atoms with van der Waals surface area (Å²) in [6.45, 7) is 5.18. The fraction of sp³-hybridized carbons (Fsp3) is 0.381. The molecule has 0 fully saturated rings. The van der Waals surface area contributed by atoms with Gasteiger partial charge >= 0.3 is 0 Å². The van der Waals surface area contributed by atoms with Crippen LogP contribution in [-0.2, 0) is 0 Å². The van der Waals surface area contributed by atoms with Gasteiger partial charge in [-0.2, -0.15) is 5.26 Å². The Balaban J connectivity index is 1.99. The molecule has 0 bridgehead atoms. The molecule has 0 aromatic heterocycles. The number of nitriles is 1. The Hall–Kier alpha value is -2.27. The maximum absolute atomic E-state index is 9.53. The van der Waals surface area contributed by atoms with Gasteiger partial charge in [0.1, 0.15) is 17.4 Å². The van der Waals surface area contributed by atoms with Crippen LogP contribution in [0.2, 0.25) is 0 Å². The number of benzene rings is 2. The second kappa shape index (κ2) is 9.00. The van der Waals surface area contributed by atoms with E-state index in [1.807, 2.05) is 48.5 Å². The van der Waals surface area contributed by atoms with E-state index in [4.69, 9.17) is 4.74 Å². The van der Waals surface area contributed by atoms with Crippen molar-refractivity contribution in [2.75, 3.05) is 6.61 Å². The number of hydrogen-bond donors (Lipinski definition) is 0. The number of ether oxygens (including phenoxy) is 1. The zero-order chi connectivity index (χ0) is 16.5. The average Bonchev–Trinajstić information content (AvgIpc) is 2.58. The highest BCUT2D eigenvalue weighted by Gasteiger charge is 2.10. The molecule has 0 aliphatic rings. The molecule has 2 nitrogen and oxygen atoms in total. The van der Waals surface area contributed by atoms with Gasteiger partial charge in [-0.15, -0.1) is 0 Å². The number of unbranched alkanes of at least 4 members (excludes halogenated alkanes) is 2. The molecule has 2 aromatic rings. The number of hydrogen-bond acceptors (Lipinski definition) is 2. The highest BCUT2D eigenvalue weighted by atomic mass is 16.5. The van der Waals surface area contributed by atoms with Crippen LogP contribution in [0.4, 0.5) is 0 Å². The van der Waals surface area contributed by atoms with E-state index in [2.05, 4.69) is 19.9 Å². The van der Waals surface area contributed by atoms with Crippen LogP contribution >= 0.6 is 0 Å². The summed E-state index contributed by atoms with van der Waals surface area (Å²) in [6.07, 6.45) is 4.73. The van der Waals surface area contributed by atoms with Crippen molar-refractivity contribution in [2.24, 2.45) is 5.92 Å². The molecule has 2 rings (SSSR count). The molecule has 0 aliphatic heterocycles. The van der Waals surface area contributed by atoms with Crippen LogP contribution in [-0.4, -0.2) is 6.61 Å². The summed E-state index contributed by atoms with van der Waals surface area (Å²) < 4.78 is 5.87. The molecular weight excluding hydrogens is 282 g/mol. The SMILES string of the molecule is CC(C)CCCCCOc1cccc(-c2ccccc2)c1C#N. The van der Waals surface area contributed by atoms with Crippen molar-refractivity contribution in [1.82, 2.24) is 0 Å². The van der Waals surface area contributed by atoms with Crippen molar-refractivity contribution in [1.29, 1.82) is 5.26 Å². The lowest BCUT2D eigenvalue weighted by molar-refractivity contribution is 0.302. The second-order valence-corrected chi connectivity index (χ2v) is 6.25. The van der Waals surface area contributed by atoms with Gasteiger partial charge in [0.15, 0.2) is 0 Å². The van der Waals surface area contributed by atoms with Gasteiger partial charge in [-0.25, -0.2) is 0 Å². The first-order valence-corrected chi connectivity index (χ1v) is 8.43. The molecule has 0 N–H and O–H groups in total. The first-order valence-electron chi connectivity index (χ1n) is 8.43. The summed E-state index contributed by atoms with van der Waals surface area (Å²) >= 11 is 0. The topological polar surface area (TPSA) is 33.0 Å². The molecule has 0 spiro atoms. The minimum absolute atomic E-state index is 0.626. The van der Waals surface area contributed by atoms with E-state index >= 15 is 0 Å². The van der Waals surface area contributed by atoms with Crippen LogP contribution in [0.15, 0.2) is 48.5 Å². The molecule has 0 saturated heterocycles. The third-order valence-corrected chi connectivity index (χ3v) is 3.91. The zero-order valence-corrected chi connectivity index (χ0v) is 14.1. The van der Waals surface area contributed by atoms with Gasteiger partial charge in [-0.3, -0.25) is 0 Å². The van der Waals surface area contributed by atoms with Crippen LogP contribution in [0.1, 0.15) is 45.1 Å². The first kappa shape index (κ1) is 17.1. The zero-order valence-electron chi connectivity index (χ0n) is 14.1. The third kappa shape index (κ3) is 5.14. The second-order valence-electron chi connectivity index (χ2n) is 6.25. The lowest BCUT2D eigenvalue weighted by Crippen LogP contribution is -2.00. The van der Waals surface area contributed by atoms with Gasteiger partial charge in [0.2, 0.25) is 0 Å². The molecule has 120 valence electrons. The van der Waals surface area contributed by atoms with Crippen LogP contribution in [0.25, 0.3) is 11.1 Å². The summed E-state index contributed by atoms with van der Waals surface area (Å²) in [5.74, 6) is 1.46. The summed E-state index contributed by atoms with van der Waals surface area (Å²) in [4.78, 5) is 0. The Morgan fingerprint density at radius 3 is 2.43 bits per heavy atom. The van der Waals surface area contributed by atoms with Crippen molar-refractivity contribution in [3.05, 3.63) is 54.1 Å². The summed E-state index contributed by atoms with van der Waals surface area (Å²) in [6, 6.07) is 18.1. The van der Waals surface area contributed by atoms with Crippen molar-refractivity contribution in [2.45, 2.75) is 39.5 Å². The maximum atomic E-state index is 9.53. The molecule has 0 heterocycles. The molecule has 0 aliphatic carbocycles. The molecule has 23 heavy (non-hydrogen) atoms. The summed E-state index contributed by atoms with van der Waals surface area (Å²) in [5, 5.41) is 9.53. The minimum Gasteiger partial charge on any atom is -0.492 e. The molecule has 0 unspecified atom stereocenters. The predicted octanol–water partition coefficient (Wildman–Crippen LogP) is 5.82. The summed E-state index contributed by atoms with van der Waals surface area (Å²) in [5.41, 5.74) is 2.61. The molecular formula is C21H25NO. The highest BCUT2D eigenvalue weighted by Crippen LogP contribution is 2.30. The smallest absolute Gasteiger partial charge is 0.137 e. The lowest BCUT2D eigenvalue weighted by Gasteiger charge is -2.11. The van der Waals surface area contributed by atoms with Crippen LogP contribution in [0, 0.1) is 17.2 Å². The van der Waals surface area contributed by atoms with Gasteiger partial charge in [-0.1, -0.05) is 75.6 Å². The van der Waals surface area contributed by atoms with Gasteiger partial charge in [0, 0.05) is 5.56 Å². The van der Waals surface area contributed by atoms with Gasteiger partial charge in [0.05, 0.1) is 6.61 Å². The fourth-order valence-electron chi connectivity index (χ4n) is 2.64. The van der Waals surface area contributed by atoms with Gasteiger partial charge in [0.25, 0.3) is 0 Å². The van der Waals surface area contributed by atoms with E-state index in [0.717, 1.165) is 23.5 Å². The van der Waals surface area contributed by atoms with E-state index in [-0.39, 0.29) is 0 Å². The van der Waals surface area contributed by atoms with E-state index in [1.165, 1.54) is 19.3 Å². The van der Waals surface area contributed by atoms with E-state index < -0.39 is 0 Å².